The largest absolute Gasteiger partial charge is 0.497 e. The van der Waals surface area contributed by atoms with Crippen LogP contribution >= 0.6 is 0 Å². The highest BCUT2D eigenvalue weighted by atomic mass is 16.5. The number of carbonyl (C=O) groups is 1. The number of ether oxygens (including phenoxy) is 2. The predicted octanol–water partition coefficient (Wildman–Crippen LogP) is 1.47. The third-order valence-electron chi connectivity index (χ3n) is 4.53. The van der Waals surface area contributed by atoms with Gasteiger partial charge in [0.05, 0.1) is 32.0 Å². The Morgan fingerprint density at radius 1 is 1.33 bits per heavy atom. The molecule has 0 unspecified atom stereocenters. The Bertz CT molecular complexity index is 751. The molecule has 1 aromatic carbocycles. The highest BCUT2D eigenvalue weighted by Gasteiger charge is 2.26. The summed E-state index contributed by atoms with van der Waals surface area (Å²) in [4.78, 5) is 14.8. The number of morpholine rings is 1. The molecule has 8 heteroatoms. The van der Waals surface area contributed by atoms with Gasteiger partial charge in [0.1, 0.15) is 11.4 Å². The first-order valence-electron chi connectivity index (χ1n) is 9.00. The van der Waals surface area contributed by atoms with Crippen LogP contribution in [-0.2, 0) is 4.74 Å². The molecule has 8 nitrogen and oxygen atoms in total. The number of nitrogens with one attached hydrogen (secondary N) is 1. The molecule has 1 aliphatic heterocycles. The smallest absolute Gasteiger partial charge is 0.290 e. The van der Waals surface area contributed by atoms with E-state index in [0.29, 0.717) is 36.8 Å². The average Bonchev–Trinajstić information content (AvgIpc) is 3.14. The van der Waals surface area contributed by atoms with E-state index in [0.717, 1.165) is 25.2 Å². The third-order valence-corrected chi connectivity index (χ3v) is 4.53. The van der Waals surface area contributed by atoms with Crippen molar-refractivity contribution in [2.24, 2.45) is 0 Å². The van der Waals surface area contributed by atoms with Crippen molar-refractivity contribution < 1.29 is 23.9 Å². The Morgan fingerprint density at radius 3 is 2.67 bits per heavy atom. The van der Waals surface area contributed by atoms with Crippen molar-refractivity contribution in [3.63, 3.8) is 0 Å². The van der Waals surface area contributed by atoms with Gasteiger partial charge in [0.25, 0.3) is 5.91 Å². The Hall–Kier alpha value is -2.42. The van der Waals surface area contributed by atoms with E-state index in [2.05, 4.69) is 15.4 Å². The second-order valence-electron chi connectivity index (χ2n) is 6.39. The monoisotopic (exact) mass is 375 g/mol. The first-order valence-corrected chi connectivity index (χ1v) is 9.00. The van der Waals surface area contributed by atoms with Gasteiger partial charge < -0.3 is 24.4 Å². The summed E-state index contributed by atoms with van der Waals surface area (Å²) >= 11 is 0. The summed E-state index contributed by atoms with van der Waals surface area (Å²) in [7, 11) is 1.59. The van der Waals surface area contributed by atoms with Gasteiger partial charge in [-0.2, -0.15) is 0 Å². The fourth-order valence-electron chi connectivity index (χ4n) is 3.04. The molecule has 2 aromatic rings. The van der Waals surface area contributed by atoms with E-state index in [4.69, 9.17) is 14.0 Å². The van der Waals surface area contributed by atoms with Crippen molar-refractivity contribution in [2.45, 2.75) is 13.0 Å². The maximum atomic E-state index is 12.5. The van der Waals surface area contributed by atoms with E-state index in [1.165, 1.54) is 0 Å². The van der Waals surface area contributed by atoms with Crippen molar-refractivity contribution in [1.29, 1.82) is 0 Å². The lowest BCUT2D eigenvalue weighted by Crippen LogP contribution is -2.41. The van der Waals surface area contributed by atoms with Gasteiger partial charge in [-0.05, 0) is 31.2 Å². The number of aliphatic hydroxyl groups is 1. The van der Waals surface area contributed by atoms with Gasteiger partial charge in [-0.3, -0.25) is 9.69 Å². The van der Waals surface area contributed by atoms with Crippen LogP contribution < -0.4 is 10.1 Å². The van der Waals surface area contributed by atoms with E-state index >= 15 is 0 Å². The molecule has 0 aliphatic carbocycles. The minimum absolute atomic E-state index is 0.0396. The molecule has 1 atom stereocenters. The molecular weight excluding hydrogens is 350 g/mol. The maximum Gasteiger partial charge on any atom is 0.290 e. The van der Waals surface area contributed by atoms with Crippen LogP contribution in [0.5, 0.6) is 5.75 Å². The molecule has 146 valence electrons. The number of amides is 1. The lowest BCUT2D eigenvalue weighted by Gasteiger charge is -2.26. The third kappa shape index (κ3) is 4.65. The summed E-state index contributed by atoms with van der Waals surface area (Å²) in [5.74, 6) is 0.367. The minimum Gasteiger partial charge on any atom is -0.497 e. The highest BCUT2D eigenvalue weighted by Crippen LogP contribution is 2.31. The van der Waals surface area contributed by atoms with Gasteiger partial charge in [0.15, 0.2) is 0 Å². The molecule has 0 radical (unpaired) electrons. The number of nitrogens with zero attached hydrogens (tertiary/aromatic N) is 2. The number of hydrogen-bond donors (Lipinski definition) is 2. The van der Waals surface area contributed by atoms with Gasteiger partial charge in [0.2, 0.25) is 5.76 Å². The maximum absolute atomic E-state index is 12.5. The molecule has 2 heterocycles. The van der Waals surface area contributed by atoms with Gasteiger partial charge in [-0.1, -0.05) is 5.16 Å². The first kappa shape index (κ1) is 19.3. The van der Waals surface area contributed by atoms with Crippen LogP contribution in [-0.4, -0.2) is 67.6 Å². The number of aromatic nitrogens is 1. The van der Waals surface area contributed by atoms with Crippen LogP contribution in [0.3, 0.4) is 0 Å². The van der Waals surface area contributed by atoms with Gasteiger partial charge in [-0.25, -0.2) is 0 Å². The average molecular weight is 375 g/mol. The highest BCUT2D eigenvalue weighted by molar-refractivity contribution is 5.94. The van der Waals surface area contributed by atoms with Gasteiger partial charge in [-0.15, -0.1) is 0 Å². The van der Waals surface area contributed by atoms with Crippen LogP contribution in [0.1, 0.15) is 29.1 Å². The van der Waals surface area contributed by atoms with Crippen molar-refractivity contribution in [3.05, 3.63) is 35.6 Å². The fourth-order valence-corrected chi connectivity index (χ4v) is 3.04. The van der Waals surface area contributed by atoms with Crippen LogP contribution in [0, 0.1) is 0 Å². The molecule has 1 aromatic heterocycles. The number of hydrogen-bond acceptors (Lipinski definition) is 7. The zero-order valence-electron chi connectivity index (χ0n) is 15.6. The summed E-state index contributed by atoms with van der Waals surface area (Å²) in [6.07, 6.45) is -0.895. The first-order chi connectivity index (χ1) is 13.1. The van der Waals surface area contributed by atoms with Gasteiger partial charge in [0, 0.05) is 31.7 Å². The van der Waals surface area contributed by atoms with Crippen molar-refractivity contribution in [2.75, 3.05) is 46.5 Å². The van der Waals surface area contributed by atoms with Crippen LogP contribution in [0.2, 0.25) is 0 Å². The molecule has 0 spiro atoms. The standard InChI is InChI=1S/C19H25N3O5/c1-13(23)16-17(14-3-5-15(25-2)6-4-14)21-27-18(16)19(24)20-7-8-22-9-11-26-12-10-22/h3-6,13,23H,7-12H2,1-2H3,(H,20,24)/t13-/m0/s1. The van der Waals surface area contributed by atoms with Crippen LogP contribution in [0.4, 0.5) is 0 Å². The zero-order valence-corrected chi connectivity index (χ0v) is 15.6. The number of benzene rings is 1. The Labute approximate surface area is 158 Å². The van der Waals surface area contributed by atoms with E-state index in [1.54, 1.807) is 26.2 Å². The molecule has 2 N–H and O–H groups in total. The van der Waals surface area contributed by atoms with E-state index < -0.39 is 6.10 Å². The summed E-state index contributed by atoms with van der Waals surface area (Å²) in [6, 6.07) is 7.20. The SMILES string of the molecule is COc1ccc(-c2noc(C(=O)NCCN3CCOCC3)c2[C@H](C)O)cc1. The van der Waals surface area contributed by atoms with Crippen LogP contribution in [0.25, 0.3) is 11.3 Å². The number of methoxy groups -OCH3 is 1. The van der Waals surface area contributed by atoms with Crippen molar-refractivity contribution in [3.8, 4) is 17.0 Å². The van der Waals surface area contributed by atoms with Crippen molar-refractivity contribution >= 4 is 5.91 Å². The summed E-state index contributed by atoms with van der Waals surface area (Å²) in [5, 5.41) is 17.0. The minimum atomic E-state index is -0.895. The lowest BCUT2D eigenvalue weighted by atomic mass is 10.0. The predicted molar refractivity (Wildman–Crippen MR) is 98.7 cm³/mol. The summed E-state index contributed by atoms with van der Waals surface area (Å²) in [6.45, 7) is 5.96. The second-order valence-corrected chi connectivity index (χ2v) is 6.39. The number of carbonyl (C=O) groups excluding carboxylic acids is 1. The molecule has 1 fully saturated rings. The summed E-state index contributed by atoms with van der Waals surface area (Å²) < 4.78 is 15.7. The second kappa shape index (κ2) is 8.98. The molecule has 0 bridgehead atoms. The lowest BCUT2D eigenvalue weighted by molar-refractivity contribution is 0.0382. The molecule has 1 saturated heterocycles. The number of rotatable bonds is 7. The van der Waals surface area contributed by atoms with E-state index in [1.807, 2.05) is 12.1 Å². The molecule has 1 aliphatic rings. The fraction of sp³-hybridized carbons (Fsp3) is 0.474. The Kier molecular flexibility index (Phi) is 6.44. The molecule has 1 amide bonds. The topological polar surface area (TPSA) is 97.1 Å². The molecular formula is C19H25N3O5. The Balaban J connectivity index is 1.70. The zero-order chi connectivity index (χ0) is 19.2. The van der Waals surface area contributed by atoms with E-state index in [-0.39, 0.29) is 11.7 Å². The summed E-state index contributed by atoms with van der Waals surface area (Å²) in [5.41, 5.74) is 1.57. The van der Waals surface area contributed by atoms with Crippen LogP contribution in [0.15, 0.2) is 28.8 Å². The molecule has 0 saturated carbocycles. The quantitative estimate of drug-likeness (QED) is 0.756. The van der Waals surface area contributed by atoms with Crippen molar-refractivity contribution in [1.82, 2.24) is 15.4 Å². The van der Waals surface area contributed by atoms with Gasteiger partial charge >= 0.3 is 0 Å². The number of aliphatic hydroxyl groups excluding tert-OH is 1. The molecule has 27 heavy (non-hydrogen) atoms. The van der Waals surface area contributed by atoms with E-state index in [9.17, 15) is 9.90 Å². The molecule has 3 rings (SSSR count). The Morgan fingerprint density at radius 2 is 2.04 bits per heavy atom. The normalized spacial score (nSPS) is 16.1.